The van der Waals surface area contributed by atoms with E-state index in [1.807, 2.05) is 0 Å². The summed E-state index contributed by atoms with van der Waals surface area (Å²) in [6, 6.07) is 6.39. The van der Waals surface area contributed by atoms with Gasteiger partial charge in [0.2, 0.25) is 11.7 Å². The van der Waals surface area contributed by atoms with E-state index >= 15 is 0 Å². The number of carbonyl (C=O) groups is 1. The third-order valence-corrected chi connectivity index (χ3v) is 2.84. The van der Waals surface area contributed by atoms with Gasteiger partial charge in [-0.25, -0.2) is 5.06 Å². The van der Waals surface area contributed by atoms with Crippen LogP contribution in [0.4, 0.5) is 13.2 Å². The van der Waals surface area contributed by atoms with Crippen LogP contribution in [-0.2, 0) is 22.4 Å². The van der Waals surface area contributed by atoms with Crippen LogP contribution in [0.5, 0.6) is 0 Å². The maximum atomic E-state index is 12.4. The number of aromatic nitrogens is 2. The quantitative estimate of drug-likeness (QED) is 0.789. The first-order valence-electron chi connectivity index (χ1n) is 6.72. The Labute approximate surface area is 129 Å². The largest absolute Gasteiger partial charge is 0.471 e. The van der Waals surface area contributed by atoms with E-state index in [2.05, 4.69) is 14.7 Å². The molecule has 1 amide bonds. The zero-order chi connectivity index (χ0) is 17.0. The summed E-state index contributed by atoms with van der Waals surface area (Å²) in [5, 5.41) is 4.51. The summed E-state index contributed by atoms with van der Waals surface area (Å²) >= 11 is 0. The Hall–Kier alpha value is -2.42. The molecule has 0 saturated heterocycles. The van der Waals surface area contributed by atoms with Crippen molar-refractivity contribution in [2.75, 3.05) is 6.61 Å². The van der Waals surface area contributed by atoms with Crippen LogP contribution in [-0.4, -0.2) is 27.7 Å². The van der Waals surface area contributed by atoms with Crippen LogP contribution in [0.15, 0.2) is 28.8 Å². The summed E-state index contributed by atoms with van der Waals surface area (Å²) in [7, 11) is 0. The number of hydrogen-bond acceptors (Lipinski definition) is 5. The van der Waals surface area contributed by atoms with E-state index in [-0.39, 0.29) is 18.3 Å². The lowest BCUT2D eigenvalue weighted by Crippen LogP contribution is -2.28. The highest BCUT2D eigenvalue weighted by atomic mass is 19.4. The van der Waals surface area contributed by atoms with Crippen molar-refractivity contribution in [3.63, 3.8) is 0 Å². The third kappa shape index (κ3) is 4.28. The zero-order valence-electron chi connectivity index (χ0n) is 12.4. The second-order valence-electron chi connectivity index (χ2n) is 4.59. The molecule has 0 aliphatic carbocycles. The number of alkyl halides is 3. The van der Waals surface area contributed by atoms with E-state index in [0.717, 1.165) is 5.56 Å². The van der Waals surface area contributed by atoms with Crippen LogP contribution >= 0.6 is 0 Å². The molecule has 0 aliphatic heterocycles. The number of nitrogens with zero attached hydrogens (tertiary/aromatic N) is 3. The van der Waals surface area contributed by atoms with Crippen LogP contribution in [0.3, 0.4) is 0 Å². The maximum Gasteiger partial charge on any atom is 0.471 e. The molecule has 2 aromatic rings. The summed E-state index contributed by atoms with van der Waals surface area (Å²) in [5.41, 5.74) is 1.12. The lowest BCUT2D eigenvalue weighted by atomic mass is 10.1. The van der Waals surface area contributed by atoms with Gasteiger partial charge in [0.25, 0.3) is 0 Å². The van der Waals surface area contributed by atoms with Crippen molar-refractivity contribution >= 4 is 5.91 Å². The summed E-state index contributed by atoms with van der Waals surface area (Å²) in [4.78, 5) is 19.9. The van der Waals surface area contributed by atoms with E-state index in [1.54, 1.807) is 31.2 Å². The van der Waals surface area contributed by atoms with E-state index < -0.39 is 12.1 Å². The van der Waals surface area contributed by atoms with Gasteiger partial charge < -0.3 is 4.52 Å². The van der Waals surface area contributed by atoms with Gasteiger partial charge in [0.1, 0.15) is 0 Å². The maximum absolute atomic E-state index is 12.4. The smallest absolute Gasteiger partial charge is 0.329 e. The SMILES string of the molecule is CCON(Cc1ccc(-c2noc(C(F)(F)F)n2)cc1)C(C)=O. The van der Waals surface area contributed by atoms with Gasteiger partial charge in [-0.05, 0) is 12.5 Å². The van der Waals surface area contributed by atoms with Crippen LogP contribution in [0.25, 0.3) is 11.4 Å². The van der Waals surface area contributed by atoms with Crippen molar-refractivity contribution in [1.29, 1.82) is 0 Å². The minimum absolute atomic E-state index is 0.155. The van der Waals surface area contributed by atoms with Crippen molar-refractivity contribution in [1.82, 2.24) is 15.2 Å². The Bertz CT molecular complexity index is 668. The standard InChI is InChI=1S/C14H14F3N3O3/c1-3-22-20(9(2)21)8-10-4-6-11(7-5-10)12-18-13(23-19-12)14(15,16)17/h4-7H,3,8H2,1-2H3. The van der Waals surface area contributed by atoms with Crippen molar-refractivity contribution in [2.45, 2.75) is 26.6 Å². The zero-order valence-corrected chi connectivity index (χ0v) is 12.4. The molecule has 2 rings (SSSR count). The molecule has 6 nitrogen and oxygen atoms in total. The van der Waals surface area contributed by atoms with Gasteiger partial charge in [0, 0.05) is 12.5 Å². The molecule has 1 aromatic heterocycles. The topological polar surface area (TPSA) is 68.5 Å². The molecule has 1 aromatic carbocycles. The van der Waals surface area contributed by atoms with Gasteiger partial charge >= 0.3 is 12.1 Å². The lowest BCUT2D eigenvalue weighted by molar-refractivity contribution is -0.186. The Kier molecular flexibility index (Phi) is 4.99. The average Bonchev–Trinajstić information content (AvgIpc) is 2.97. The molecule has 0 N–H and O–H groups in total. The molecule has 0 saturated carbocycles. The number of rotatable bonds is 5. The van der Waals surface area contributed by atoms with Gasteiger partial charge in [-0.2, -0.15) is 18.2 Å². The fraction of sp³-hybridized carbons (Fsp3) is 0.357. The molecule has 0 spiro atoms. The Morgan fingerprint density at radius 2 is 1.96 bits per heavy atom. The van der Waals surface area contributed by atoms with E-state index in [4.69, 9.17) is 4.84 Å². The molecule has 23 heavy (non-hydrogen) atoms. The Morgan fingerprint density at radius 3 is 2.43 bits per heavy atom. The molecule has 0 fully saturated rings. The number of hydroxylamine groups is 2. The molecular formula is C14H14F3N3O3. The summed E-state index contributed by atoms with van der Waals surface area (Å²) in [5.74, 6) is -1.79. The van der Waals surface area contributed by atoms with Crippen molar-refractivity contribution < 1.29 is 27.3 Å². The Morgan fingerprint density at radius 1 is 1.30 bits per heavy atom. The molecule has 0 radical (unpaired) electrons. The van der Waals surface area contributed by atoms with Gasteiger partial charge in [-0.15, -0.1) is 0 Å². The molecule has 1 heterocycles. The number of amides is 1. The number of carbonyl (C=O) groups excluding carboxylic acids is 1. The van der Waals surface area contributed by atoms with E-state index in [1.165, 1.54) is 12.0 Å². The minimum atomic E-state index is -4.68. The summed E-state index contributed by atoms with van der Waals surface area (Å²) in [6.07, 6.45) is -4.68. The first kappa shape index (κ1) is 16.9. The summed E-state index contributed by atoms with van der Waals surface area (Å²) in [6.45, 7) is 3.71. The van der Waals surface area contributed by atoms with Gasteiger partial charge in [0.05, 0.1) is 13.2 Å². The van der Waals surface area contributed by atoms with E-state index in [0.29, 0.717) is 12.2 Å². The number of halogens is 3. The Balaban J connectivity index is 2.13. The third-order valence-electron chi connectivity index (χ3n) is 2.84. The molecule has 0 bridgehead atoms. The van der Waals surface area contributed by atoms with Crippen molar-refractivity contribution in [2.24, 2.45) is 0 Å². The van der Waals surface area contributed by atoms with Gasteiger partial charge in [0.15, 0.2) is 0 Å². The van der Waals surface area contributed by atoms with Gasteiger partial charge in [-0.1, -0.05) is 29.4 Å². The normalized spacial score (nSPS) is 11.5. The minimum Gasteiger partial charge on any atom is -0.329 e. The molecule has 9 heteroatoms. The molecule has 124 valence electrons. The fourth-order valence-electron chi connectivity index (χ4n) is 1.78. The molecule has 0 atom stereocenters. The predicted molar refractivity (Wildman–Crippen MR) is 72.6 cm³/mol. The highest BCUT2D eigenvalue weighted by molar-refractivity contribution is 5.72. The monoisotopic (exact) mass is 329 g/mol. The first-order valence-corrected chi connectivity index (χ1v) is 6.72. The fourth-order valence-corrected chi connectivity index (χ4v) is 1.78. The molecule has 0 unspecified atom stereocenters. The summed E-state index contributed by atoms with van der Waals surface area (Å²) < 4.78 is 41.5. The van der Waals surface area contributed by atoms with Crippen molar-refractivity contribution in [3.8, 4) is 11.4 Å². The van der Waals surface area contributed by atoms with Crippen LogP contribution in [0.1, 0.15) is 25.3 Å². The lowest BCUT2D eigenvalue weighted by Gasteiger charge is -2.19. The second-order valence-corrected chi connectivity index (χ2v) is 4.59. The molecular weight excluding hydrogens is 315 g/mol. The molecule has 0 aliphatic rings. The van der Waals surface area contributed by atoms with Crippen LogP contribution < -0.4 is 0 Å². The van der Waals surface area contributed by atoms with Crippen LogP contribution in [0.2, 0.25) is 0 Å². The second kappa shape index (κ2) is 6.78. The van der Waals surface area contributed by atoms with E-state index in [9.17, 15) is 18.0 Å². The number of hydrogen-bond donors (Lipinski definition) is 0. The number of benzene rings is 1. The van der Waals surface area contributed by atoms with Gasteiger partial charge in [-0.3, -0.25) is 9.63 Å². The average molecular weight is 329 g/mol. The predicted octanol–water partition coefficient (Wildman–Crippen LogP) is 3.06. The van der Waals surface area contributed by atoms with Crippen molar-refractivity contribution in [3.05, 3.63) is 35.7 Å². The highest BCUT2D eigenvalue weighted by Gasteiger charge is 2.38. The highest BCUT2D eigenvalue weighted by Crippen LogP contribution is 2.29. The first-order chi connectivity index (χ1) is 10.8. The van der Waals surface area contributed by atoms with Crippen LogP contribution in [0, 0.1) is 0 Å².